The maximum Gasteiger partial charge on any atom is 1.00 e. The van der Waals surface area contributed by atoms with E-state index in [0.29, 0.717) is 0 Å². The zero-order valence-corrected chi connectivity index (χ0v) is 12.0. The second-order valence-corrected chi connectivity index (χ2v) is 2.87. The predicted molar refractivity (Wildman–Crippen MR) is 51.1 cm³/mol. The van der Waals surface area contributed by atoms with Gasteiger partial charge in [-0.2, -0.15) is 0 Å². The largest absolute Gasteiger partial charge is 1.00 e. The summed E-state index contributed by atoms with van der Waals surface area (Å²) in [5.41, 5.74) is 0.0664. The molecule has 0 unspecified atom stereocenters. The molecule has 1 aromatic rings. The molecule has 0 aliphatic rings. The molecular weight excluding hydrogens is 250 g/mol. The van der Waals surface area contributed by atoms with Gasteiger partial charge in [-0.15, -0.1) is 5.98 Å². The first-order valence-electron chi connectivity index (χ1n) is 4.15. The number of rotatable bonds is 3. The molecule has 1 nitrogen and oxygen atoms in total. The van der Waals surface area contributed by atoms with E-state index < -0.39 is 12.8 Å². The number of halogens is 4. The monoisotopic (exact) mass is 258 g/mol. The van der Waals surface area contributed by atoms with E-state index in [-0.39, 0.29) is 68.7 Å². The summed E-state index contributed by atoms with van der Waals surface area (Å²) in [6, 6.07) is 3.38. The molecule has 7 heteroatoms. The first-order chi connectivity index (χ1) is 6.92. The fraction of sp³-hybridized carbons (Fsp3) is 0.111. The van der Waals surface area contributed by atoms with Gasteiger partial charge < -0.3 is 17.7 Å². The van der Waals surface area contributed by atoms with Crippen LogP contribution in [0.15, 0.2) is 24.2 Å². The second-order valence-electron chi connectivity index (χ2n) is 2.87. The number of ether oxygens (including phenoxy) is 1. The molecule has 0 heterocycles. The zero-order chi connectivity index (χ0) is 11.5. The van der Waals surface area contributed by atoms with E-state index in [9.17, 15) is 17.3 Å². The zero-order valence-electron chi connectivity index (χ0n) is 8.88. The Balaban J connectivity index is 0.00000225. The van der Waals surface area contributed by atoms with Crippen molar-refractivity contribution in [3.63, 3.8) is 0 Å². The van der Waals surface area contributed by atoms with Crippen LogP contribution in [0.1, 0.15) is 5.56 Å². The molecule has 0 aromatic heterocycles. The predicted octanol–water partition coefficient (Wildman–Crippen LogP) is 0.238. The summed E-state index contributed by atoms with van der Waals surface area (Å²) in [5.74, 6) is -0.310. The van der Waals surface area contributed by atoms with Gasteiger partial charge in [0.05, 0.1) is 7.11 Å². The molecule has 82 valence electrons. The number of hydrogen-bond acceptors (Lipinski definition) is 1. The van der Waals surface area contributed by atoms with Gasteiger partial charge in [-0.05, 0) is 18.2 Å². The first kappa shape index (κ1) is 16.2. The first-order valence-corrected chi connectivity index (χ1v) is 4.15. The minimum Gasteiger partial charge on any atom is -0.496 e. The van der Waals surface area contributed by atoms with Crippen molar-refractivity contribution in [2.75, 3.05) is 7.11 Å². The third-order valence-electron chi connectivity index (χ3n) is 1.69. The van der Waals surface area contributed by atoms with Gasteiger partial charge in [0.25, 0.3) is 0 Å². The van der Waals surface area contributed by atoms with Crippen LogP contribution in [0.25, 0.3) is 6.08 Å². The van der Waals surface area contributed by atoms with Crippen LogP contribution in [0.2, 0.25) is 0 Å². The average Bonchev–Trinajstić information content (AvgIpc) is 2.14. The summed E-state index contributed by atoms with van der Waals surface area (Å²) in [6.07, 6.45) is 0.794. The fourth-order valence-electron chi connectivity index (χ4n) is 1.05. The minimum atomic E-state index is -5.02. The smallest absolute Gasteiger partial charge is 0.496 e. The third-order valence-corrected chi connectivity index (χ3v) is 1.69. The van der Waals surface area contributed by atoms with Crippen LogP contribution >= 0.6 is 0 Å². The molecule has 0 radical (unpaired) electrons. The van der Waals surface area contributed by atoms with E-state index in [1.54, 1.807) is 0 Å². The SMILES string of the molecule is COc1ccc(F)cc1/C=C/[B-](F)(F)F.[K+]. The Morgan fingerprint density at radius 2 is 1.88 bits per heavy atom. The van der Waals surface area contributed by atoms with Gasteiger partial charge in [0.2, 0.25) is 0 Å². The van der Waals surface area contributed by atoms with Crippen LogP contribution in [0, 0.1) is 5.82 Å². The Labute approximate surface area is 133 Å². The Hall–Kier alpha value is 0.181. The molecular formula is C9H8BF4KO. The molecule has 0 bridgehead atoms. The van der Waals surface area contributed by atoms with E-state index in [4.69, 9.17) is 4.74 Å². The molecule has 1 aromatic carbocycles. The van der Waals surface area contributed by atoms with Crippen LogP contribution < -0.4 is 56.1 Å². The average molecular weight is 258 g/mol. The molecule has 0 atom stereocenters. The quantitative estimate of drug-likeness (QED) is 0.557. The summed E-state index contributed by atoms with van der Waals surface area (Å²) in [7, 11) is 1.31. The van der Waals surface area contributed by atoms with Crippen LogP contribution in [-0.4, -0.2) is 14.1 Å². The maximum absolute atomic E-state index is 12.7. The van der Waals surface area contributed by atoms with E-state index in [1.807, 2.05) is 0 Å². The Morgan fingerprint density at radius 3 is 2.38 bits per heavy atom. The van der Waals surface area contributed by atoms with Crippen LogP contribution in [0.5, 0.6) is 5.75 Å². The van der Waals surface area contributed by atoms with Gasteiger partial charge in [0.15, 0.2) is 0 Å². The van der Waals surface area contributed by atoms with E-state index in [1.165, 1.54) is 13.2 Å². The molecule has 0 amide bonds. The summed E-state index contributed by atoms with van der Waals surface area (Å²) in [4.78, 5) is 0. The van der Waals surface area contributed by atoms with Gasteiger partial charge in [-0.3, -0.25) is 0 Å². The van der Waals surface area contributed by atoms with Crippen molar-refractivity contribution < 1.29 is 73.5 Å². The van der Waals surface area contributed by atoms with Crippen LogP contribution in [0.3, 0.4) is 0 Å². The molecule has 0 aliphatic carbocycles. The van der Waals surface area contributed by atoms with Crippen molar-refractivity contribution in [3.05, 3.63) is 35.6 Å². The normalized spacial score (nSPS) is 11.3. The van der Waals surface area contributed by atoms with E-state index in [2.05, 4.69) is 0 Å². The maximum atomic E-state index is 12.7. The van der Waals surface area contributed by atoms with Gasteiger partial charge in [-0.25, -0.2) is 4.39 Å². The molecule has 1 rings (SSSR count). The summed E-state index contributed by atoms with van der Waals surface area (Å²) in [5, 5.41) is 0. The van der Waals surface area contributed by atoms with Crippen molar-refractivity contribution in [1.82, 2.24) is 0 Å². The minimum absolute atomic E-state index is 0. The van der Waals surface area contributed by atoms with E-state index in [0.717, 1.165) is 18.2 Å². The van der Waals surface area contributed by atoms with Gasteiger partial charge >= 0.3 is 58.4 Å². The Morgan fingerprint density at radius 1 is 1.25 bits per heavy atom. The molecule has 16 heavy (non-hydrogen) atoms. The number of benzene rings is 1. The van der Waals surface area contributed by atoms with Crippen molar-refractivity contribution in [1.29, 1.82) is 0 Å². The summed E-state index contributed by atoms with van der Waals surface area (Å²) >= 11 is 0. The molecule has 0 saturated heterocycles. The van der Waals surface area contributed by atoms with E-state index >= 15 is 0 Å². The Kier molecular flexibility index (Phi) is 6.88. The van der Waals surface area contributed by atoms with Crippen LogP contribution in [-0.2, 0) is 0 Å². The summed E-state index contributed by atoms with van der Waals surface area (Å²) in [6.45, 7) is -5.02. The summed E-state index contributed by atoms with van der Waals surface area (Å²) < 4.78 is 53.3. The standard InChI is InChI=1S/C9H8BF4O.K/c1-15-9-3-2-8(11)6-7(9)4-5-10(12,13)14;/h2-6H,1H3;/q-1;+1/b5-4+;. The second kappa shape index (κ2) is 6.81. The number of methoxy groups -OCH3 is 1. The molecule has 0 fully saturated rings. The van der Waals surface area contributed by atoms with Crippen molar-refractivity contribution >= 4 is 13.1 Å². The fourth-order valence-corrected chi connectivity index (χ4v) is 1.05. The molecule has 0 aliphatic heterocycles. The van der Waals surface area contributed by atoms with Crippen molar-refractivity contribution in [3.8, 4) is 5.75 Å². The van der Waals surface area contributed by atoms with Crippen molar-refractivity contribution in [2.45, 2.75) is 0 Å². The molecule has 0 N–H and O–H groups in total. The van der Waals surface area contributed by atoms with Crippen LogP contribution in [0.4, 0.5) is 17.3 Å². The topological polar surface area (TPSA) is 9.23 Å². The van der Waals surface area contributed by atoms with Gasteiger partial charge in [-0.1, -0.05) is 6.08 Å². The van der Waals surface area contributed by atoms with Gasteiger partial charge in [0.1, 0.15) is 11.6 Å². The molecule has 0 spiro atoms. The van der Waals surface area contributed by atoms with Gasteiger partial charge in [0, 0.05) is 5.56 Å². The molecule has 0 saturated carbocycles. The third kappa shape index (κ3) is 5.49. The van der Waals surface area contributed by atoms with Crippen molar-refractivity contribution in [2.24, 2.45) is 0 Å². The Bertz CT molecular complexity index is 378. The number of hydrogen-bond donors (Lipinski definition) is 0.